The Balaban J connectivity index is 2.53. The zero-order chi connectivity index (χ0) is 10.4. The van der Waals surface area contributed by atoms with Crippen molar-refractivity contribution in [2.75, 3.05) is 20.8 Å². The Labute approximate surface area is 88.8 Å². The number of hydrogen-bond acceptors (Lipinski definition) is 4. The van der Waals surface area contributed by atoms with E-state index in [4.69, 9.17) is 15.2 Å². The molecule has 0 fully saturated rings. The Morgan fingerprint density at radius 3 is 2.57 bits per heavy atom. The van der Waals surface area contributed by atoms with Gasteiger partial charge in [0.2, 0.25) is 0 Å². The average Bonchev–Trinajstić information content (AvgIpc) is 2.70. The zero-order valence-electron chi connectivity index (χ0n) is 8.60. The van der Waals surface area contributed by atoms with Gasteiger partial charge in [0.15, 0.2) is 6.29 Å². The molecule has 14 heavy (non-hydrogen) atoms. The van der Waals surface area contributed by atoms with Crippen LogP contribution in [-0.2, 0) is 15.9 Å². The predicted octanol–water partition coefficient (Wildman–Crippen LogP) is 1.48. The molecule has 3 nitrogen and oxygen atoms in total. The van der Waals surface area contributed by atoms with Crippen LogP contribution in [-0.4, -0.2) is 27.1 Å². The van der Waals surface area contributed by atoms with Gasteiger partial charge in [0, 0.05) is 31.6 Å². The molecular formula is C10H17NO2S. The van der Waals surface area contributed by atoms with Crippen molar-refractivity contribution in [3.63, 3.8) is 0 Å². The fraction of sp³-hybridized carbons (Fsp3) is 0.600. The van der Waals surface area contributed by atoms with Gasteiger partial charge in [0.25, 0.3) is 0 Å². The highest BCUT2D eigenvalue weighted by atomic mass is 32.1. The maximum atomic E-state index is 5.69. The molecule has 1 heterocycles. The van der Waals surface area contributed by atoms with E-state index >= 15 is 0 Å². The fourth-order valence-corrected chi connectivity index (χ4v) is 2.26. The van der Waals surface area contributed by atoms with Crippen molar-refractivity contribution in [2.24, 2.45) is 11.7 Å². The highest BCUT2D eigenvalue weighted by molar-refractivity contribution is 7.09. The largest absolute Gasteiger partial charge is 0.356 e. The van der Waals surface area contributed by atoms with Crippen LogP contribution in [0.15, 0.2) is 17.5 Å². The molecule has 4 heteroatoms. The average molecular weight is 215 g/mol. The molecular weight excluding hydrogens is 198 g/mol. The summed E-state index contributed by atoms with van der Waals surface area (Å²) in [5.41, 5.74) is 5.69. The van der Waals surface area contributed by atoms with E-state index in [0.29, 0.717) is 6.54 Å². The minimum Gasteiger partial charge on any atom is -0.356 e. The zero-order valence-corrected chi connectivity index (χ0v) is 9.42. The molecule has 0 aliphatic heterocycles. The van der Waals surface area contributed by atoms with Crippen molar-refractivity contribution in [2.45, 2.75) is 12.7 Å². The molecule has 0 aromatic carbocycles. The molecule has 0 radical (unpaired) electrons. The summed E-state index contributed by atoms with van der Waals surface area (Å²) in [6.45, 7) is 0.574. The third-order valence-corrected chi connectivity index (χ3v) is 3.09. The van der Waals surface area contributed by atoms with Crippen molar-refractivity contribution >= 4 is 11.3 Å². The minimum absolute atomic E-state index is 0.206. The Morgan fingerprint density at radius 2 is 2.14 bits per heavy atom. The standard InChI is InChI=1S/C10H17NO2S/c1-12-10(13-2)8(7-11)6-9-4-3-5-14-9/h3-5,8,10H,6-7,11H2,1-2H3. The lowest BCUT2D eigenvalue weighted by Gasteiger charge is -2.22. The minimum atomic E-state index is -0.206. The van der Waals surface area contributed by atoms with Gasteiger partial charge in [-0.1, -0.05) is 6.07 Å². The molecule has 1 aromatic heterocycles. The number of ether oxygens (including phenoxy) is 2. The lowest BCUT2D eigenvalue weighted by atomic mass is 10.0. The second-order valence-electron chi connectivity index (χ2n) is 3.12. The van der Waals surface area contributed by atoms with E-state index in [1.54, 1.807) is 25.6 Å². The number of methoxy groups -OCH3 is 2. The number of hydrogen-bond donors (Lipinski definition) is 1. The monoisotopic (exact) mass is 215 g/mol. The van der Waals surface area contributed by atoms with Crippen LogP contribution in [0.4, 0.5) is 0 Å². The molecule has 1 unspecified atom stereocenters. The number of nitrogens with two attached hydrogens (primary N) is 1. The SMILES string of the molecule is COC(OC)C(CN)Cc1cccs1. The van der Waals surface area contributed by atoms with E-state index in [1.165, 1.54) is 4.88 Å². The molecule has 0 saturated heterocycles. The van der Waals surface area contributed by atoms with E-state index in [-0.39, 0.29) is 12.2 Å². The first-order valence-electron chi connectivity index (χ1n) is 4.59. The van der Waals surface area contributed by atoms with Crippen molar-refractivity contribution in [1.29, 1.82) is 0 Å². The first kappa shape index (κ1) is 11.7. The summed E-state index contributed by atoms with van der Waals surface area (Å²) >= 11 is 1.74. The van der Waals surface area contributed by atoms with Gasteiger partial charge in [-0.3, -0.25) is 0 Å². The van der Waals surface area contributed by atoms with Crippen LogP contribution >= 0.6 is 11.3 Å². The smallest absolute Gasteiger partial charge is 0.161 e. The summed E-state index contributed by atoms with van der Waals surface area (Å²) < 4.78 is 10.4. The Morgan fingerprint density at radius 1 is 1.43 bits per heavy atom. The normalized spacial score (nSPS) is 13.4. The fourth-order valence-electron chi connectivity index (χ4n) is 1.46. The Kier molecular flexibility index (Phi) is 5.11. The first-order valence-corrected chi connectivity index (χ1v) is 5.47. The van der Waals surface area contributed by atoms with Crippen LogP contribution in [0.1, 0.15) is 4.88 Å². The highest BCUT2D eigenvalue weighted by Crippen LogP contribution is 2.18. The lowest BCUT2D eigenvalue weighted by molar-refractivity contribution is -0.134. The number of rotatable bonds is 6. The van der Waals surface area contributed by atoms with E-state index in [2.05, 4.69) is 11.4 Å². The molecule has 0 aliphatic carbocycles. The van der Waals surface area contributed by atoms with Gasteiger partial charge in [0.05, 0.1) is 0 Å². The second-order valence-corrected chi connectivity index (χ2v) is 4.15. The molecule has 0 saturated carbocycles. The molecule has 1 aromatic rings. The summed E-state index contributed by atoms with van der Waals surface area (Å²) in [6, 6.07) is 4.15. The van der Waals surface area contributed by atoms with Crippen molar-refractivity contribution in [1.82, 2.24) is 0 Å². The second kappa shape index (κ2) is 6.14. The Bertz CT molecular complexity index is 234. The van der Waals surface area contributed by atoms with E-state index in [9.17, 15) is 0 Å². The summed E-state index contributed by atoms with van der Waals surface area (Å²) in [5, 5.41) is 2.07. The molecule has 0 aliphatic rings. The van der Waals surface area contributed by atoms with E-state index < -0.39 is 0 Å². The maximum Gasteiger partial charge on any atom is 0.161 e. The maximum absolute atomic E-state index is 5.69. The molecule has 1 atom stereocenters. The Hall–Kier alpha value is -0.420. The van der Waals surface area contributed by atoms with Crippen LogP contribution in [0.5, 0.6) is 0 Å². The van der Waals surface area contributed by atoms with Gasteiger partial charge in [-0.2, -0.15) is 0 Å². The third-order valence-electron chi connectivity index (χ3n) is 2.20. The summed E-state index contributed by atoms with van der Waals surface area (Å²) in [4.78, 5) is 1.32. The van der Waals surface area contributed by atoms with Gasteiger partial charge in [-0.05, 0) is 17.9 Å². The molecule has 80 valence electrons. The first-order chi connectivity index (χ1) is 6.81. The van der Waals surface area contributed by atoms with E-state index in [0.717, 1.165) is 6.42 Å². The predicted molar refractivity (Wildman–Crippen MR) is 58.4 cm³/mol. The van der Waals surface area contributed by atoms with Crippen LogP contribution in [0.2, 0.25) is 0 Å². The van der Waals surface area contributed by atoms with Gasteiger partial charge < -0.3 is 15.2 Å². The molecule has 0 spiro atoms. The van der Waals surface area contributed by atoms with Crippen molar-refractivity contribution in [3.8, 4) is 0 Å². The van der Waals surface area contributed by atoms with Crippen LogP contribution in [0.3, 0.4) is 0 Å². The molecule has 1 rings (SSSR count). The van der Waals surface area contributed by atoms with Gasteiger partial charge in [-0.25, -0.2) is 0 Å². The summed E-state index contributed by atoms with van der Waals surface area (Å²) in [7, 11) is 3.29. The quantitative estimate of drug-likeness (QED) is 0.731. The topological polar surface area (TPSA) is 44.5 Å². The van der Waals surface area contributed by atoms with Gasteiger partial charge >= 0.3 is 0 Å². The van der Waals surface area contributed by atoms with Gasteiger partial charge in [-0.15, -0.1) is 11.3 Å². The third kappa shape index (κ3) is 3.06. The molecule has 2 N–H and O–H groups in total. The molecule has 0 amide bonds. The van der Waals surface area contributed by atoms with Crippen molar-refractivity contribution in [3.05, 3.63) is 22.4 Å². The highest BCUT2D eigenvalue weighted by Gasteiger charge is 2.19. The molecule has 0 bridgehead atoms. The summed E-state index contributed by atoms with van der Waals surface area (Å²) in [6.07, 6.45) is 0.711. The lowest BCUT2D eigenvalue weighted by Crippen LogP contribution is -2.32. The van der Waals surface area contributed by atoms with Gasteiger partial charge in [0.1, 0.15) is 0 Å². The van der Waals surface area contributed by atoms with Crippen molar-refractivity contribution < 1.29 is 9.47 Å². The number of thiophene rings is 1. The van der Waals surface area contributed by atoms with Crippen LogP contribution < -0.4 is 5.73 Å². The summed E-state index contributed by atoms with van der Waals surface area (Å²) in [5.74, 6) is 0.226. The van der Waals surface area contributed by atoms with Crippen LogP contribution in [0.25, 0.3) is 0 Å². The van der Waals surface area contributed by atoms with Crippen LogP contribution in [0, 0.1) is 5.92 Å². The van der Waals surface area contributed by atoms with E-state index in [1.807, 2.05) is 6.07 Å².